The van der Waals surface area contributed by atoms with Gasteiger partial charge in [-0.25, -0.2) is 0 Å². The lowest BCUT2D eigenvalue weighted by molar-refractivity contribution is 0.102. The lowest BCUT2D eigenvalue weighted by Gasteiger charge is -2.05. The zero-order chi connectivity index (χ0) is 13.3. The summed E-state index contributed by atoms with van der Waals surface area (Å²) in [4.78, 5) is 12.2. The summed E-state index contributed by atoms with van der Waals surface area (Å²) in [5.41, 5.74) is 2.32. The minimum absolute atomic E-state index is 0.122. The van der Waals surface area contributed by atoms with Gasteiger partial charge in [-0.2, -0.15) is 0 Å². The summed E-state index contributed by atoms with van der Waals surface area (Å²) < 4.78 is 6.60. The lowest BCUT2D eigenvalue weighted by Crippen LogP contribution is -2.13. The first-order chi connectivity index (χ1) is 8.49. The highest BCUT2D eigenvalue weighted by atomic mass is 127. The Balaban J connectivity index is 2.24. The van der Waals surface area contributed by atoms with Crippen molar-refractivity contribution in [2.24, 2.45) is 0 Å². The molecule has 1 amide bonds. The molecule has 18 heavy (non-hydrogen) atoms. The Morgan fingerprint density at radius 2 is 1.72 bits per heavy atom. The van der Waals surface area contributed by atoms with Gasteiger partial charge in [-0.15, -0.1) is 0 Å². The number of anilines is 1. The third-order valence-electron chi connectivity index (χ3n) is 2.89. The van der Waals surface area contributed by atoms with Gasteiger partial charge in [-0.3, -0.25) is 4.79 Å². The monoisotopic (exact) mass is 355 g/mol. The zero-order valence-electron chi connectivity index (χ0n) is 10.5. The number of halogens is 1. The van der Waals surface area contributed by atoms with Crippen molar-refractivity contribution in [3.63, 3.8) is 0 Å². The van der Waals surface area contributed by atoms with Crippen LogP contribution >= 0.6 is 22.6 Å². The molecule has 3 nitrogen and oxygen atoms in total. The maximum atomic E-state index is 12.2. The second-order valence-electron chi connectivity index (χ2n) is 4.18. The minimum atomic E-state index is -0.122. The molecular formula is C14H14INO2. The summed E-state index contributed by atoms with van der Waals surface area (Å²) in [6.45, 7) is 5.57. The fraction of sp³-hybridized carbons (Fsp3) is 0.214. The summed E-state index contributed by atoms with van der Waals surface area (Å²) in [5.74, 6) is 1.33. The molecule has 2 rings (SSSR count). The van der Waals surface area contributed by atoms with E-state index in [1.165, 1.54) is 0 Å². The van der Waals surface area contributed by atoms with Crippen molar-refractivity contribution in [1.29, 1.82) is 0 Å². The Kier molecular flexibility index (Phi) is 3.75. The fourth-order valence-corrected chi connectivity index (χ4v) is 2.21. The van der Waals surface area contributed by atoms with Crippen LogP contribution in [-0.4, -0.2) is 5.91 Å². The molecule has 4 heteroatoms. The highest BCUT2D eigenvalue weighted by Crippen LogP contribution is 2.22. The molecule has 0 aliphatic heterocycles. The molecule has 0 saturated heterocycles. The zero-order valence-corrected chi connectivity index (χ0v) is 12.7. The first-order valence-electron chi connectivity index (χ1n) is 5.62. The first kappa shape index (κ1) is 13.1. The number of hydrogen-bond acceptors (Lipinski definition) is 2. The molecule has 2 aromatic rings. The van der Waals surface area contributed by atoms with Crippen LogP contribution in [0.1, 0.15) is 27.4 Å². The maximum absolute atomic E-state index is 12.2. The number of carbonyl (C=O) groups is 1. The third kappa shape index (κ3) is 2.58. The van der Waals surface area contributed by atoms with Crippen LogP contribution in [0.2, 0.25) is 0 Å². The average molecular weight is 355 g/mol. The summed E-state index contributed by atoms with van der Waals surface area (Å²) in [6.07, 6.45) is 0. The highest BCUT2D eigenvalue weighted by Gasteiger charge is 2.18. The number of furan rings is 1. The quantitative estimate of drug-likeness (QED) is 0.826. The molecule has 0 spiro atoms. The van der Waals surface area contributed by atoms with Gasteiger partial charge in [0.2, 0.25) is 0 Å². The van der Waals surface area contributed by atoms with E-state index in [1.807, 2.05) is 45.0 Å². The van der Waals surface area contributed by atoms with E-state index >= 15 is 0 Å². The van der Waals surface area contributed by atoms with Crippen LogP contribution in [0.3, 0.4) is 0 Å². The highest BCUT2D eigenvalue weighted by molar-refractivity contribution is 14.1. The van der Waals surface area contributed by atoms with Gasteiger partial charge in [0.15, 0.2) is 0 Å². The number of benzene rings is 1. The van der Waals surface area contributed by atoms with Gasteiger partial charge in [0.1, 0.15) is 11.5 Å². The van der Waals surface area contributed by atoms with Gasteiger partial charge in [0.05, 0.1) is 5.56 Å². The number of rotatable bonds is 2. The van der Waals surface area contributed by atoms with Crippen LogP contribution in [0.5, 0.6) is 0 Å². The Hall–Kier alpha value is -1.30. The molecule has 0 radical (unpaired) electrons. The molecule has 1 heterocycles. The molecule has 0 fully saturated rings. The molecule has 0 aliphatic rings. The summed E-state index contributed by atoms with van der Waals surface area (Å²) >= 11 is 2.23. The standard InChI is InChI=1S/C14H14INO2/c1-8-9(2)18-10(3)13(8)14(17)16-12-6-4-11(15)5-7-12/h4-7H,1-3H3,(H,16,17). The third-order valence-corrected chi connectivity index (χ3v) is 3.61. The lowest BCUT2D eigenvalue weighted by atomic mass is 10.1. The SMILES string of the molecule is Cc1oc(C)c(C(=O)Nc2ccc(I)cc2)c1C. The smallest absolute Gasteiger partial charge is 0.259 e. The van der Waals surface area contributed by atoms with Crippen molar-refractivity contribution in [3.05, 3.63) is 50.5 Å². The van der Waals surface area contributed by atoms with Crippen molar-refractivity contribution in [1.82, 2.24) is 0 Å². The van der Waals surface area contributed by atoms with E-state index in [-0.39, 0.29) is 5.91 Å². The number of nitrogens with one attached hydrogen (secondary N) is 1. The topological polar surface area (TPSA) is 42.2 Å². The minimum Gasteiger partial charge on any atom is -0.466 e. The average Bonchev–Trinajstić information content (AvgIpc) is 2.56. The van der Waals surface area contributed by atoms with Gasteiger partial charge >= 0.3 is 0 Å². The van der Waals surface area contributed by atoms with Gasteiger partial charge in [0, 0.05) is 14.8 Å². The Morgan fingerprint density at radius 1 is 1.11 bits per heavy atom. The summed E-state index contributed by atoms with van der Waals surface area (Å²) in [7, 11) is 0. The van der Waals surface area contributed by atoms with E-state index in [0.29, 0.717) is 11.3 Å². The van der Waals surface area contributed by atoms with Crippen molar-refractivity contribution in [3.8, 4) is 0 Å². The molecule has 1 aromatic carbocycles. The number of hydrogen-bond donors (Lipinski definition) is 1. The molecular weight excluding hydrogens is 341 g/mol. The first-order valence-corrected chi connectivity index (χ1v) is 6.70. The molecule has 0 bridgehead atoms. The Morgan fingerprint density at radius 3 is 2.22 bits per heavy atom. The van der Waals surface area contributed by atoms with E-state index in [9.17, 15) is 4.79 Å². The predicted octanol–water partition coefficient (Wildman–Crippen LogP) is 4.06. The molecule has 0 unspecified atom stereocenters. The largest absolute Gasteiger partial charge is 0.466 e. The van der Waals surface area contributed by atoms with Crippen molar-refractivity contribution in [2.45, 2.75) is 20.8 Å². The predicted molar refractivity (Wildman–Crippen MR) is 80.0 cm³/mol. The van der Waals surface area contributed by atoms with Crippen LogP contribution in [0.4, 0.5) is 5.69 Å². The van der Waals surface area contributed by atoms with Gasteiger partial charge in [-0.05, 0) is 67.6 Å². The van der Waals surface area contributed by atoms with Gasteiger partial charge < -0.3 is 9.73 Å². The van der Waals surface area contributed by atoms with Gasteiger partial charge in [0.25, 0.3) is 5.91 Å². The van der Waals surface area contributed by atoms with Crippen LogP contribution in [0, 0.1) is 24.3 Å². The van der Waals surface area contributed by atoms with Crippen LogP contribution in [0.25, 0.3) is 0 Å². The van der Waals surface area contributed by atoms with Crippen LogP contribution < -0.4 is 5.32 Å². The molecule has 0 saturated carbocycles. The number of carbonyl (C=O) groups excluding carboxylic acids is 1. The van der Waals surface area contributed by atoms with E-state index in [1.54, 1.807) is 0 Å². The van der Waals surface area contributed by atoms with Crippen LogP contribution in [-0.2, 0) is 0 Å². The molecule has 0 atom stereocenters. The van der Waals surface area contributed by atoms with Gasteiger partial charge in [-0.1, -0.05) is 0 Å². The normalized spacial score (nSPS) is 10.4. The molecule has 1 aromatic heterocycles. The second-order valence-corrected chi connectivity index (χ2v) is 5.42. The van der Waals surface area contributed by atoms with Crippen molar-refractivity contribution in [2.75, 3.05) is 5.32 Å². The summed E-state index contributed by atoms with van der Waals surface area (Å²) in [6, 6.07) is 7.68. The molecule has 1 N–H and O–H groups in total. The summed E-state index contributed by atoms with van der Waals surface area (Å²) in [5, 5.41) is 2.88. The number of aryl methyl sites for hydroxylation is 2. The van der Waals surface area contributed by atoms with E-state index in [4.69, 9.17) is 4.42 Å². The van der Waals surface area contributed by atoms with Crippen molar-refractivity contribution < 1.29 is 9.21 Å². The van der Waals surface area contributed by atoms with E-state index < -0.39 is 0 Å². The maximum Gasteiger partial charge on any atom is 0.259 e. The van der Waals surface area contributed by atoms with E-state index in [0.717, 1.165) is 20.6 Å². The molecule has 94 valence electrons. The van der Waals surface area contributed by atoms with E-state index in [2.05, 4.69) is 27.9 Å². The Labute approximate surface area is 120 Å². The molecule has 0 aliphatic carbocycles. The van der Waals surface area contributed by atoms with Crippen molar-refractivity contribution >= 4 is 34.2 Å². The van der Waals surface area contributed by atoms with Crippen LogP contribution in [0.15, 0.2) is 28.7 Å². The fourth-order valence-electron chi connectivity index (χ4n) is 1.85. The number of amides is 1. The second kappa shape index (κ2) is 5.14. The Bertz CT molecular complexity index is 585.